The number of H-pyrrole nitrogens is 1. The Hall–Kier alpha value is -3.60. The smallest absolute Gasteiger partial charge is 0.406 e. The van der Waals surface area contributed by atoms with Gasteiger partial charge in [0.05, 0.1) is 17.4 Å². The molecule has 1 aliphatic rings. The summed E-state index contributed by atoms with van der Waals surface area (Å²) in [6.07, 6.45) is -1.61. The van der Waals surface area contributed by atoms with Gasteiger partial charge in [0.25, 0.3) is 5.91 Å². The summed E-state index contributed by atoms with van der Waals surface area (Å²) in [6, 6.07) is 8.23. The van der Waals surface area contributed by atoms with Crippen LogP contribution >= 0.6 is 0 Å². The molecule has 2 aromatic heterocycles. The first-order valence-corrected chi connectivity index (χ1v) is 9.38. The number of ether oxygens (including phenoxy) is 1. The van der Waals surface area contributed by atoms with Crippen molar-refractivity contribution in [3.63, 3.8) is 0 Å². The number of aromatic nitrogens is 3. The van der Waals surface area contributed by atoms with E-state index in [4.69, 9.17) is 0 Å². The number of carbonyl (C=O) groups is 1. The molecule has 0 radical (unpaired) electrons. The Morgan fingerprint density at radius 2 is 2.03 bits per heavy atom. The van der Waals surface area contributed by atoms with Gasteiger partial charge in [-0.05, 0) is 42.8 Å². The summed E-state index contributed by atoms with van der Waals surface area (Å²) in [4.78, 5) is 19.1. The monoisotopic (exact) mass is 433 g/mol. The van der Waals surface area contributed by atoms with Crippen LogP contribution in [-0.2, 0) is 0 Å². The number of halogens is 3. The summed E-state index contributed by atoms with van der Waals surface area (Å²) in [7, 11) is 0. The molecule has 1 aliphatic heterocycles. The van der Waals surface area contributed by atoms with E-state index < -0.39 is 18.4 Å². The van der Waals surface area contributed by atoms with Gasteiger partial charge in [0, 0.05) is 36.7 Å². The summed E-state index contributed by atoms with van der Waals surface area (Å²) >= 11 is 0. The number of aliphatic hydroxyl groups excluding tert-OH is 1. The molecule has 1 fully saturated rings. The van der Waals surface area contributed by atoms with E-state index in [1.165, 1.54) is 18.3 Å². The zero-order chi connectivity index (χ0) is 22.0. The third kappa shape index (κ3) is 4.94. The maximum atomic E-state index is 12.7. The van der Waals surface area contributed by atoms with Crippen molar-refractivity contribution in [1.82, 2.24) is 15.2 Å². The molecule has 0 saturated carbocycles. The Morgan fingerprint density at radius 1 is 1.26 bits per heavy atom. The third-order valence-electron chi connectivity index (χ3n) is 4.73. The quantitative estimate of drug-likeness (QED) is 0.571. The molecule has 0 spiro atoms. The summed E-state index contributed by atoms with van der Waals surface area (Å²) < 4.78 is 40.6. The van der Waals surface area contributed by atoms with Gasteiger partial charge in [-0.15, -0.1) is 13.2 Å². The molecule has 3 N–H and O–H groups in total. The van der Waals surface area contributed by atoms with E-state index in [1.54, 1.807) is 18.3 Å². The molecule has 1 saturated heterocycles. The fourth-order valence-corrected chi connectivity index (χ4v) is 3.32. The number of nitrogens with one attached hydrogen (secondary N) is 2. The molecule has 162 valence electrons. The van der Waals surface area contributed by atoms with Crippen molar-refractivity contribution in [2.75, 3.05) is 23.3 Å². The van der Waals surface area contributed by atoms with E-state index in [9.17, 15) is 23.1 Å². The molecule has 11 heteroatoms. The van der Waals surface area contributed by atoms with E-state index >= 15 is 0 Å². The second-order valence-corrected chi connectivity index (χ2v) is 6.98. The molecule has 1 aromatic carbocycles. The largest absolute Gasteiger partial charge is 0.573 e. The lowest BCUT2D eigenvalue weighted by molar-refractivity contribution is -0.274. The van der Waals surface area contributed by atoms with E-state index in [0.29, 0.717) is 42.3 Å². The van der Waals surface area contributed by atoms with Crippen LogP contribution in [0.15, 0.2) is 48.8 Å². The first-order chi connectivity index (χ1) is 14.8. The normalized spacial score (nSPS) is 16.4. The average molecular weight is 433 g/mol. The minimum atomic E-state index is -4.79. The number of rotatable bonds is 5. The number of benzene rings is 1. The van der Waals surface area contributed by atoms with Gasteiger partial charge < -0.3 is 20.1 Å². The van der Waals surface area contributed by atoms with Crippen LogP contribution in [0, 0.1) is 0 Å². The molecule has 1 atom stereocenters. The fraction of sp³-hybridized carbons (Fsp3) is 0.250. The van der Waals surface area contributed by atoms with Crippen LogP contribution in [0.25, 0.3) is 11.3 Å². The Bertz CT molecular complexity index is 1050. The average Bonchev–Trinajstić information content (AvgIpc) is 3.40. The molecule has 4 rings (SSSR count). The lowest BCUT2D eigenvalue weighted by Gasteiger charge is -2.20. The predicted molar refractivity (Wildman–Crippen MR) is 106 cm³/mol. The molecule has 1 amide bonds. The van der Waals surface area contributed by atoms with Gasteiger partial charge >= 0.3 is 6.36 Å². The molecule has 0 aliphatic carbocycles. The highest BCUT2D eigenvalue weighted by Gasteiger charge is 2.31. The lowest BCUT2D eigenvalue weighted by atomic mass is 10.1. The second kappa shape index (κ2) is 8.26. The van der Waals surface area contributed by atoms with Gasteiger partial charge in [0.2, 0.25) is 0 Å². The number of hydrogen-bond acceptors (Lipinski definition) is 6. The van der Waals surface area contributed by atoms with Gasteiger partial charge in [-0.1, -0.05) is 0 Å². The Morgan fingerprint density at radius 3 is 2.65 bits per heavy atom. The number of pyridine rings is 1. The second-order valence-electron chi connectivity index (χ2n) is 6.98. The molecule has 3 aromatic rings. The SMILES string of the molecule is O=C(Nc1ccc(OC(F)(F)F)cc1)c1cnc(N2CC[C@H](O)C2)c(-c2ccn[nH]2)c1. The highest BCUT2D eigenvalue weighted by Crippen LogP contribution is 2.31. The van der Waals surface area contributed by atoms with Crippen LogP contribution in [0.4, 0.5) is 24.7 Å². The highest BCUT2D eigenvalue weighted by atomic mass is 19.4. The van der Waals surface area contributed by atoms with E-state index in [1.807, 2.05) is 4.90 Å². The summed E-state index contributed by atoms with van der Waals surface area (Å²) in [5, 5.41) is 19.3. The van der Waals surface area contributed by atoms with Crippen molar-refractivity contribution in [3.8, 4) is 17.0 Å². The number of hydrogen-bond donors (Lipinski definition) is 3. The summed E-state index contributed by atoms with van der Waals surface area (Å²) in [5.74, 6) is -0.248. The zero-order valence-corrected chi connectivity index (χ0v) is 16.1. The van der Waals surface area contributed by atoms with Crippen LogP contribution in [-0.4, -0.2) is 51.8 Å². The van der Waals surface area contributed by atoms with E-state index in [-0.39, 0.29) is 11.3 Å². The zero-order valence-electron chi connectivity index (χ0n) is 16.1. The number of anilines is 2. The van der Waals surface area contributed by atoms with Crippen molar-refractivity contribution in [1.29, 1.82) is 0 Å². The maximum Gasteiger partial charge on any atom is 0.573 e. The van der Waals surface area contributed by atoms with Crippen molar-refractivity contribution in [3.05, 3.63) is 54.4 Å². The number of amides is 1. The maximum absolute atomic E-state index is 12.7. The topological polar surface area (TPSA) is 103 Å². The van der Waals surface area contributed by atoms with Crippen LogP contribution in [0.2, 0.25) is 0 Å². The fourth-order valence-electron chi connectivity index (χ4n) is 3.32. The van der Waals surface area contributed by atoms with Crippen LogP contribution < -0.4 is 15.0 Å². The van der Waals surface area contributed by atoms with Gasteiger partial charge in [-0.2, -0.15) is 5.10 Å². The Labute approximate surface area is 174 Å². The number of alkyl halides is 3. The van der Waals surface area contributed by atoms with Gasteiger partial charge in [0.15, 0.2) is 0 Å². The molecule has 0 bridgehead atoms. The first-order valence-electron chi connectivity index (χ1n) is 9.38. The number of aliphatic hydroxyl groups is 1. The van der Waals surface area contributed by atoms with Crippen molar-refractivity contribution < 1.29 is 27.8 Å². The summed E-state index contributed by atoms with van der Waals surface area (Å²) in [5.41, 5.74) is 1.86. The van der Waals surface area contributed by atoms with Gasteiger partial charge in [-0.25, -0.2) is 4.98 Å². The molecule has 31 heavy (non-hydrogen) atoms. The lowest BCUT2D eigenvalue weighted by Crippen LogP contribution is -2.23. The van der Waals surface area contributed by atoms with Crippen LogP contribution in [0.5, 0.6) is 5.75 Å². The number of aromatic amines is 1. The number of nitrogens with zero attached hydrogens (tertiary/aromatic N) is 3. The van der Waals surface area contributed by atoms with E-state index in [2.05, 4.69) is 25.2 Å². The van der Waals surface area contributed by atoms with Crippen LogP contribution in [0.3, 0.4) is 0 Å². The molecule has 3 heterocycles. The van der Waals surface area contributed by atoms with Gasteiger partial charge in [0.1, 0.15) is 11.6 Å². The van der Waals surface area contributed by atoms with E-state index in [0.717, 1.165) is 12.1 Å². The van der Waals surface area contributed by atoms with Crippen LogP contribution in [0.1, 0.15) is 16.8 Å². The number of carbonyl (C=O) groups excluding carboxylic acids is 1. The van der Waals surface area contributed by atoms with Gasteiger partial charge in [-0.3, -0.25) is 9.89 Å². The molecule has 0 unspecified atom stereocenters. The van der Waals surface area contributed by atoms with Crippen molar-refractivity contribution in [2.45, 2.75) is 18.9 Å². The van der Waals surface area contributed by atoms with Crippen molar-refractivity contribution >= 4 is 17.4 Å². The molecular formula is C20H18F3N5O3. The number of β-amino-alcohol motifs (C(OH)–C–C–N with tert-alkyl or cyclic N) is 1. The minimum absolute atomic E-state index is 0.253. The first kappa shape index (κ1) is 20.7. The Kier molecular flexibility index (Phi) is 5.51. The minimum Gasteiger partial charge on any atom is -0.406 e. The van der Waals surface area contributed by atoms with Crippen molar-refractivity contribution in [2.24, 2.45) is 0 Å². The Balaban J connectivity index is 1.55. The predicted octanol–water partition coefficient (Wildman–Crippen LogP) is 3.19. The molecular weight excluding hydrogens is 415 g/mol. The third-order valence-corrected chi connectivity index (χ3v) is 4.73. The highest BCUT2D eigenvalue weighted by molar-refractivity contribution is 6.05. The molecule has 8 nitrogen and oxygen atoms in total. The standard InChI is InChI=1S/C20H18F3N5O3/c21-20(22,23)31-15-3-1-13(2-4-15)26-19(30)12-9-16(17-5-7-25-27-17)18(24-10-12)28-8-6-14(29)11-28/h1-5,7,9-10,14,29H,6,8,11H2,(H,25,27)(H,26,30)/t14-/m0/s1. The summed E-state index contributed by atoms with van der Waals surface area (Å²) in [6.45, 7) is 1.07.